The number of carbonyl (C=O) groups is 1. The van der Waals surface area contributed by atoms with Crippen LogP contribution in [0, 0.1) is 13.8 Å². The zero-order valence-corrected chi connectivity index (χ0v) is 19.5. The first kappa shape index (κ1) is 22.9. The van der Waals surface area contributed by atoms with E-state index in [1.807, 2.05) is 81.5 Å². The van der Waals surface area contributed by atoms with Crippen molar-refractivity contribution in [2.45, 2.75) is 27.2 Å². The van der Waals surface area contributed by atoms with Crippen LogP contribution < -0.4 is 15.4 Å². The molecule has 0 aliphatic heterocycles. The highest BCUT2D eigenvalue weighted by atomic mass is 16.5. The summed E-state index contributed by atoms with van der Waals surface area (Å²) in [4.78, 5) is 24.5. The van der Waals surface area contributed by atoms with Gasteiger partial charge in [0, 0.05) is 29.7 Å². The molecular formula is C27H27N5O2. The van der Waals surface area contributed by atoms with E-state index in [9.17, 15) is 4.79 Å². The second-order valence-corrected chi connectivity index (χ2v) is 7.90. The third kappa shape index (κ3) is 5.75. The van der Waals surface area contributed by atoms with Gasteiger partial charge in [0.2, 0.25) is 5.91 Å². The number of pyridine rings is 1. The highest BCUT2D eigenvalue weighted by Gasteiger charge is 2.08. The molecule has 0 bridgehead atoms. The van der Waals surface area contributed by atoms with E-state index in [0.29, 0.717) is 18.7 Å². The molecule has 172 valence electrons. The Bertz CT molecular complexity index is 1330. The molecule has 1 amide bonds. The Hall–Kier alpha value is -4.26. The fourth-order valence-electron chi connectivity index (χ4n) is 3.39. The summed E-state index contributed by atoms with van der Waals surface area (Å²) in [5.74, 6) is 2.22. The number of ether oxygens (including phenoxy) is 1. The number of amides is 1. The van der Waals surface area contributed by atoms with Gasteiger partial charge < -0.3 is 15.4 Å². The second kappa shape index (κ2) is 10.6. The normalized spacial score (nSPS) is 11.0. The average molecular weight is 454 g/mol. The summed E-state index contributed by atoms with van der Waals surface area (Å²) in [5, 5.41) is 7.15. The number of fused-ring (bicyclic) bond motifs is 1. The zero-order chi connectivity index (χ0) is 23.9. The standard InChI is InChI=1S/C27H27N5O2/c1-4-26(33)28-13-5-6-20-8-11-24-23(15-20)27(31-17-30-24)32-21-9-12-25(18(2)14-21)34-22-10-7-19(3)29-16-22/h5-12,14-17H,4,13H2,1-3H3,(H,28,33)(H,30,31,32). The first-order chi connectivity index (χ1) is 16.5. The van der Waals surface area contributed by atoms with Crippen molar-refractivity contribution in [1.82, 2.24) is 20.3 Å². The van der Waals surface area contributed by atoms with Gasteiger partial charge in [-0.2, -0.15) is 0 Å². The number of hydrogen-bond donors (Lipinski definition) is 2. The molecular weight excluding hydrogens is 426 g/mol. The molecule has 2 N–H and O–H groups in total. The van der Waals surface area contributed by atoms with Crippen LogP contribution in [0.5, 0.6) is 11.5 Å². The minimum absolute atomic E-state index is 0.0327. The lowest BCUT2D eigenvalue weighted by atomic mass is 10.1. The van der Waals surface area contributed by atoms with Gasteiger partial charge in [0.25, 0.3) is 0 Å². The van der Waals surface area contributed by atoms with Gasteiger partial charge in [0.1, 0.15) is 23.6 Å². The van der Waals surface area contributed by atoms with Crippen LogP contribution in [-0.4, -0.2) is 27.4 Å². The molecule has 7 nitrogen and oxygen atoms in total. The van der Waals surface area contributed by atoms with E-state index in [1.165, 1.54) is 0 Å². The monoisotopic (exact) mass is 453 g/mol. The van der Waals surface area contributed by atoms with Crippen molar-refractivity contribution in [2.24, 2.45) is 0 Å². The molecule has 0 spiro atoms. The SMILES string of the molecule is CCC(=O)NCC=Cc1ccc2ncnc(Nc3ccc(Oc4ccc(C)nc4)c(C)c3)c2c1. The molecule has 4 rings (SSSR count). The third-order valence-corrected chi connectivity index (χ3v) is 5.26. The number of anilines is 2. The summed E-state index contributed by atoms with van der Waals surface area (Å²) >= 11 is 0. The maximum absolute atomic E-state index is 11.4. The lowest BCUT2D eigenvalue weighted by molar-refractivity contribution is -0.120. The Morgan fingerprint density at radius 2 is 1.91 bits per heavy atom. The molecule has 7 heteroatoms. The predicted octanol–water partition coefficient (Wildman–Crippen LogP) is 5.72. The smallest absolute Gasteiger partial charge is 0.219 e. The van der Waals surface area contributed by atoms with Crippen LogP contribution in [0.3, 0.4) is 0 Å². The minimum atomic E-state index is 0.0327. The van der Waals surface area contributed by atoms with E-state index in [0.717, 1.165) is 45.0 Å². The molecule has 2 heterocycles. The Morgan fingerprint density at radius 3 is 2.68 bits per heavy atom. The number of hydrogen-bond acceptors (Lipinski definition) is 6. The third-order valence-electron chi connectivity index (χ3n) is 5.26. The van der Waals surface area contributed by atoms with Crippen LogP contribution >= 0.6 is 0 Å². The largest absolute Gasteiger partial charge is 0.455 e. The molecule has 4 aromatic rings. The van der Waals surface area contributed by atoms with Gasteiger partial charge in [0.05, 0.1) is 11.7 Å². The van der Waals surface area contributed by atoms with Crippen LogP contribution in [0.1, 0.15) is 30.2 Å². The van der Waals surface area contributed by atoms with Gasteiger partial charge >= 0.3 is 0 Å². The van der Waals surface area contributed by atoms with E-state index in [2.05, 4.69) is 25.6 Å². The van der Waals surface area contributed by atoms with Gasteiger partial charge in [-0.05, 0) is 67.4 Å². The Balaban J connectivity index is 1.51. The van der Waals surface area contributed by atoms with Gasteiger partial charge in [-0.3, -0.25) is 9.78 Å². The van der Waals surface area contributed by atoms with Crippen molar-refractivity contribution in [2.75, 3.05) is 11.9 Å². The van der Waals surface area contributed by atoms with E-state index in [1.54, 1.807) is 12.5 Å². The summed E-state index contributed by atoms with van der Waals surface area (Å²) in [5.41, 5.74) is 4.68. The van der Waals surface area contributed by atoms with Crippen molar-refractivity contribution in [1.29, 1.82) is 0 Å². The first-order valence-corrected chi connectivity index (χ1v) is 11.2. The van der Waals surface area contributed by atoms with Crippen molar-refractivity contribution >= 4 is 34.4 Å². The molecule has 2 aromatic heterocycles. The molecule has 0 saturated carbocycles. The number of rotatable bonds is 8. The van der Waals surface area contributed by atoms with Crippen LogP contribution in [0.2, 0.25) is 0 Å². The molecule has 0 saturated heterocycles. The van der Waals surface area contributed by atoms with Crippen molar-refractivity contribution in [3.63, 3.8) is 0 Å². The Morgan fingerprint density at radius 1 is 1.03 bits per heavy atom. The molecule has 0 fully saturated rings. The fourth-order valence-corrected chi connectivity index (χ4v) is 3.39. The lowest BCUT2D eigenvalue weighted by Crippen LogP contribution is -2.21. The summed E-state index contributed by atoms with van der Waals surface area (Å²) in [6.45, 7) is 6.27. The number of aryl methyl sites for hydroxylation is 2. The van der Waals surface area contributed by atoms with E-state index in [4.69, 9.17) is 4.74 Å². The van der Waals surface area contributed by atoms with Crippen LogP contribution in [0.25, 0.3) is 17.0 Å². The summed E-state index contributed by atoms with van der Waals surface area (Å²) in [7, 11) is 0. The molecule has 0 unspecified atom stereocenters. The Labute approximate surface area is 198 Å². The maximum atomic E-state index is 11.4. The van der Waals surface area contributed by atoms with Gasteiger partial charge in [-0.15, -0.1) is 0 Å². The predicted molar refractivity (Wildman–Crippen MR) is 135 cm³/mol. The average Bonchev–Trinajstić information content (AvgIpc) is 2.85. The first-order valence-electron chi connectivity index (χ1n) is 11.2. The van der Waals surface area contributed by atoms with E-state index in [-0.39, 0.29) is 5.91 Å². The van der Waals surface area contributed by atoms with Crippen molar-refractivity contribution in [3.05, 3.63) is 84.0 Å². The fraction of sp³-hybridized carbons (Fsp3) is 0.185. The van der Waals surface area contributed by atoms with Gasteiger partial charge in [-0.1, -0.05) is 25.1 Å². The molecule has 0 radical (unpaired) electrons. The summed E-state index contributed by atoms with van der Waals surface area (Å²) in [6, 6.07) is 15.7. The Kier molecular flexibility index (Phi) is 7.13. The number of carbonyl (C=O) groups excluding carboxylic acids is 1. The van der Waals surface area contributed by atoms with Crippen molar-refractivity contribution in [3.8, 4) is 11.5 Å². The van der Waals surface area contributed by atoms with Crippen LogP contribution in [0.15, 0.2) is 67.1 Å². The van der Waals surface area contributed by atoms with E-state index < -0.39 is 0 Å². The minimum Gasteiger partial charge on any atom is -0.455 e. The number of aromatic nitrogens is 3. The molecule has 34 heavy (non-hydrogen) atoms. The second-order valence-electron chi connectivity index (χ2n) is 7.90. The number of benzene rings is 2. The highest BCUT2D eigenvalue weighted by Crippen LogP contribution is 2.30. The lowest BCUT2D eigenvalue weighted by Gasteiger charge is -2.12. The zero-order valence-electron chi connectivity index (χ0n) is 19.5. The molecule has 0 atom stereocenters. The molecule has 2 aromatic carbocycles. The summed E-state index contributed by atoms with van der Waals surface area (Å²) in [6.07, 6.45) is 7.65. The van der Waals surface area contributed by atoms with Crippen molar-refractivity contribution < 1.29 is 9.53 Å². The molecule has 0 aliphatic rings. The topological polar surface area (TPSA) is 89.0 Å². The van der Waals surface area contributed by atoms with Gasteiger partial charge in [-0.25, -0.2) is 9.97 Å². The molecule has 0 aliphatic carbocycles. The highest BCUT2D eigenvalue weighted by molar-refractivity contribution is 5.92. The quantitative estimate of drug-likeness (QED) is 0.355. The van der Waals surface area contributed by atoms with Crippen LogP contribution in [0.4, 0.5) is 11.5 Å². The van der Waals surface area contributed by atoms with E-state index >= 15 is 0 Å². The summed E-state index contributed by atoms with van der Waals surface area (Å²) < 4.78 is 5.97. The maximum Gasteiger partial charge on any atom is 0.219 e. The number of nitrogens with one attached hydrogen (secondary N) is 2. The van der Waals surface area contributed by atoms with Crippen LogP contribution in [-0.2, 0) is 4.79 Å². The van der Waals surface area contributed by atoms with Gasteiger partial charge in [0.15, 0.2) is 0 Å². The number of nitrogens with zero attached hydrogens (tertiary/aromatic N) is 3.